The van der Waals surface area contributed by atoms with Gasteiger partial charge in [0.1, 0.15) is 5.82 Å². The fourth-order valence-electron chi connectivity index (χ4n) is 3.52. The quantitative estimate of drug-likeness (QED) is 0.780. The van der Waals surface area contributed by atoms with Crippen molar-refractivity contribution >= 4 is 11.8 Å². The van der Waals surface area contributed by atoms with Crippen LogP contribution in [0.2, 0.25) is 0 Å². The standard InChI is InChI=1S/C20H29FN2O3/c1-5-15-11-16(21)7-8-18(15)20(25)22-9-10-23(17(6-2)12-22)19(24)14(3)13-26-4/h7-8,11,14,17H,5-6,9-10,12-13H2,1-4H3/t14-,17?/m0/s1. The predicted molar refractivity (Wildman–Crippen MR) is 98.5 cm³/mol. The number of rotatable bonds is 6. The number of benzene rings is 1. The van der Waals surface area contributed by atoms with Gasteiger partial charge in [-0.15, -0.1) is 0 Å². The lowest BCUT2D eigenvalue weighted by molar-refractivity contribution is -0.141. The summed E-state index contributed by atoms with van der Waals surface area (Å²) in [7, 11) is 1.59. The average Bonchev–Trinajstić information content (AvgIpc) is 2.66. The van der Waals surface area contributed by atoms with E-state index >= 15 is 0 Å². The molecule has 1 aliphatic heterocycles. The van der Waals surface area contributed by atoms with Crippen molar-refractivity contribution in [2.24, 2.45) is 5.92 Å². The first-order valence-corrected chi connectivity index (χ1v) is 9.29. The second-order valence-corrected chi connectivity index (χ2v) is 6.86. The molecule has 1 aromatic carbocycles. The van der Waals surface area contributed by atoms with E-state index in [0.29, 0.717) is 38.2 Å². The van der Waals surface area contributed by atoms with Crippen LogP contribution in [0.25, 0.3) is 0 Å². The van der Waals surface area contributed by atoms with E-state index < -0.39 is 0 Å². The van der Waals surface area contributed by atoms with Crippen LogP contribution < -0.4 is 0 Å². The molecule has 0 radical (unpaired) electrons. The Kier molecular flexibility index (Phi) is 7.14. The van der Waals surface area contributed by atoms with E-state index in [1.807, 2.05) is 25.7 Å². The molecule has 2 atom stereocenters. The number of piperazine rings is 1. The molecule has 26 heavy (non-hydrogen) atoms. The molecular weight excluding hydrogens is 335 g/mol. The van der Waals surface area contributed by atoms with Gasteiger partial charge in [0.2, 0.25) is 5.91 Å². The van der Waals surface area contributed by atoms with Crippen molar-refractivity contribution in [2.45, 2.75) is 39.7 Å². The summed E-state index contributed by atoms with van der Waals surface area (Å²) < 4.78 is 18.5. The number of aryl methyl sites for hydroxylation is 1. The number of amides is 2. The molecule has 1 saturated heterocycles. The molecule has 1 aromatic rings. The van der Waals surface area contributed by atoms with Gasteiger partial charge in [0, 0.05) is 38.3 Å². The molecule has 0 aromatic heterocycles. The average molecular weight is 364 g/mol. The molecule has 2 rings (SSSR count). The van der Waals surface area contributed by atoms with E-state index in [1.165, 1.54) is 12.1 Å². The molecule has 2 amide bonds. The van der Waals surface area contributed by atoms with Crippen molar-refractivity contribution in [3.05, 3.63) is 35.1 Å². The zero-order valence-corrected chi connectivity index (χ0v) is 16.1. The van der Waals surface area contributed by atoms with Gasteiger partial charge in [-0.25, -0.2) is 4.39 Å². The summed E-state index contributed by atoms with van der Waals surface area (Å²) in [6.45, 7) is 7.69. The number of carbonyl (C=O) groups excluding carboxylic acids is 2. The third-order valence-electron chi connectivity index (χ3n) is 5.04. The maximum absolute atomic E-state index is 13.5. The minimum atomic E-state index is -0.326. The monoisotopic (exact) mass is 364 g/mol. The van der Waals surface area contributed by atoms with Crippen molar-refractivity contribution < 1.29 is 18.7 Å². The molecule has 1 aliphatic rings. The lowest BCUT2D eigenvalue weighted by atomic mass is 10.0. The van der Waals surface area contributed by atoms with Crippen LogP contribution in [0.1, 0.15) is 43.1 Å². The zero-order valence-electron chi connectivity index (χ0n) is 16.1. The summed E-state index contributed by atoms with van der Waals surface area (Å²) in [5.74, 6) is -0.536. The topological polar surface area (TPSA) is 49.9 Å². The molecule has 1 heterocycles. The van der Waals surface area contributed by atoms with Crippen LogP contribution in [-0.2, 0) is 16.0 Å². The molecule has 0 aliphatic carbocycles. The third kappa shape index (κ3) is 4.41. The molecule has 5 nitrogen and oxygen atoms in total. The lowest BCUT2D eigenvalue weighted by Crippen LogP contribution is -2.57. The highest BCUT2D eigenvalue weighted by Gasteiger charge is 2.34. The highest BCUT2D eigenvalue weighted by molar-refractivity contribution is 5.96. The Hall–Kier alpha value is -1.95. The number of hydrogen-bond acceptors (Lipinski definition) is 3. The van der Waals surface area contributed by atoms with Gasteiger partial charge in [0.25, 0.3) is 5.91 Å². The summed E-state index contributed by atoms with van der Waals surface area (Å²) in [4.78, 5) is 29.2. The van der Waals surface area contributed by atoms with Crippen molar-refractivity contribution in [3.63, 3.8) is 0 Å². The fraction of sp³-hybridized carbons (Fsp3) is 0.600. The number of methoxy groups -OCH3 is 1. The third-order valence-corrected chi connectivity index (χ3v) is 5.04. The van der Waals surface area contributed by atoms with Gasteiger partial charge in [-0.1, -0.05) is 20.8 Å². The Morgan fingerprint density at radius 3 is 2.65 bits per heavy atom. The first-order valence-electron chi connectivity index (χ1n) is 9.29. The van der Waals surface area contributed by atoms with Crippen molar-refractivity contribution in [3.8, 4) is 0 Å². The Bertz CT molecular complexity index is 650. The van der Waals surface area contributed by atoms with Gasteiger partial charge in [0.05, 0.1) is 12.5 Å². The smallest absolute Gasteiger partial charge is 0.254 e. The molecule has 0 bridgehead atoms. The van der Waals surface area contributed by atoms with Crippen molar-refractivity contribution in [2.75, 3.05) is 33.4 Å². The van der Waals surface area contributed by atoms with Crippen molar-refractivity contribution in [1.29, 1.82) is 0 Å². The Labute approximate surface area is 155 Å². The van der Waals surface area contributed by atoms with Gasteiger partial charge in [-0.05, 0) is 36.6 Å². The van der Waals surface area contributed by atoms with Gasteiger partial charge in [0.15, 0.2) is 0 Å². The van der Waals surface area contributed by atoms with Crippen LogP contribution in [0.5, 0.6) is 0 Å². The van der Waals surface area contributed by atoms with E-state index in [-0.39, 0.29) is 29.6 Å². The molecule has 6 heteroatoms. The summed E-state index contributed by atoms with van der Waals surface area (Å²) >= 11 is 0. The van der Waals surface area contributed by atoms with E-state index in [2.05, 4.69) is 0 Å². The fourth-order valence-corrected chi connectivity index (χ4v) is 3.52. The molecule has 0 saturated carbocycles. The molecule has 0 spiro atoms. The summed E-state index contributed by atoms with van der Waals surface area (Å²) in [5.41, 5.74) is 1.27. The lowest BCUT2D eigenvalue weighted by Gasteiger charge is -2.42. The van der Waals surface area contributed by atoms with Crippen LogP contribution in [0.4, 0.5) is 4.39 Å². The summed E-state index contributed by atoms with van der Waals surface area (Å²) in [6, 6.07) is 4.31. The molecule has 1 fully saturated rings. The summed E-state index contributed by atoms with van der Waals surface area (Å²) in [5, 5.41) is 0. The first-order chi connectivity index (χ1) is 12.4. The van der Waals surface area contributed by atoms with Gasteiger partial charge >= 0.3 is 0 Å². The zero-order chi connectivity index (χ0) is 19.3. The van der Waals surface area contributed by atoms with Gasteiger partial charge in [-0.3, -0.25) is 9.59 Å². The Morgan fingerprint density at radius 2 is 2.04 bits per heavy atom. The highest BCUT2D eigenvalue weighted by atomic mass is 19.1. The molecule has 1 unspecified atom stereocenters. The SMILES string of the molecule is CCc1cc(F)ccc1C(=O)N1CCN(C(=O)[C@@H](C)COC)C(CC)C1. The first kappa shape index (κ1) is 20.4. The minimum Gasteiger partial charge on any atom is -0.384 e. The minimum absolute atomic E-state index is 0.00923. The maximum atomic E-state index is 13.5. The van der Waals surface area contributed by atoms with Crippen LogP contribution in [0.15, 0.2) is 18.2 Å². The highest BCUT2D eigenvalue weighted by Crippen LogP contribution is 2.20. The van der Waals surface area contributed by atoms with Crippen LogP contribution in [0.3, 0.4) is 0 Å². The molecular formula is C20H29FN2O3. The summed E-state index contributed by atoms with van der Waals surface area (Å²) in [6.07, 6.45) is 1.38. The van der Waals surface area contributed by atoms with Gasteiger partial charge < -0.3 is 14.5 Å². The number of nitrogens with zero attached hydrogens (tertiary/aromatic N) is 2. The van der Waals surface area contributed by atoms with Crippen molar-refractivity contribution in [1.82, 2.24) is 9.80 Å². The van der Waals surface area contributed by atoms with Crippen LogP contribution >= 0.6 is 0 Å². The van der Waals surface area contributed by atoms with E-state index in [0.717, 1.165) is 12.0 Å². The molecule has 0 N–H and O–H groups in total. The number of hydrogen-bond donors (Lipinski definition) is 0. The molecule has 144 valence electrons. The predicted octanol–water partition coefficient (Wildman–Crippen LogP) is 2.73. The maximum Gasteiger partial charge on any atom is 0.254 e. The van der Waals surface area contributed by atoms with E-state index in [1.54, 1.807) is 18.1 Å². The number of carbonyl (C=O) groups is 2. The number of halogens is 1. The Balaban J connectivity index is 2.13. The number of ether oxygens (including phenoxy) is 1. The van der Waals surface area contributed by atoms with Gasteiger partial charge in [-0.2, -0.15) is 0 Å². The van der Waals surface area contributed by atoms with E-state index in [9.17, 15) is 14.0 Å². The van der Waals surface area contributed by atoms with Crippen LogP contribution in [-0.4, -0.2) is 61.0 Å². The van der Waals surface area contributed by atoms with E-state index in [4.69, 9.17) is 4.74 Å². The Morgan fingerprint density at radius 1 is 1.31 bits per heavy atom. The second-order valence-electron chi connectivity index (χ2n) is 6.86. The van der Waals surface area contributed by atoms with Crippen LogP contribution in [0, 0.1) is 11.7 Å². The second kappa shape index (κ2) is 9.12. The largest absolute Gasteiger partial charge is 0.384 e. The normalized spacial score (nSPS) is 18.7.